The summed E-state index contributed by atoms with van der Waals surface area (Å²) in [5, 5.41) is 15.9. The molecule has 4 aromatic rings. The highest BCUT2D eigenvalue weighted by Gasteiger charge is 2.20. The molecule has 5 rings (SSSR count). The van der Waals surface area contributed by atoms with Crippen LogP contribution in [0.2, 0.25) is 0 Å². The maximum atomic E-state index is 11.4. The van der Waals surface area contributed by atoms with Gasteiger partial charge in [-0.25, -0.2) is 19.4 Å². The molecule has 0 radical (unpaired) electrons. The zero-order valence-electron chi connectivity index (χ0n) is 27.3. The van der Waals surface area contributed by atoms with Crippen LogP contribution in [-0.2, 0) is 22.7 Å². The number of carbonyl (C=O) groups is 1. The molecule has 246 valence electrons. The van der Waals surface area contributed by atoms with Crippen LogP contribution in [0.1, 0.15) is 71.8 Å². The van der Waals surface area contributed by atoms with E-state index < -0.39 is 5.60 Å². The highest BCUT2D eigenvalue weighted by Crippen LogP contribution is 2.27. The first-order valence-corrected chi connectivity index (χ1v) is 17.9. The fraction of sp³-hybridized carbons (Fsp3) is 0.531. The van der Waals surface area contributed by atoms with Crippen LogP contribution in [0.5, 0.6) is 0 Å². The van der Waals surface area contributed by atoms with Crippen molar-refractivity contribution >= 4 is 52.0 Å². The number of anilines is 2. The van der Waals surface area contributed by atoms with Gasteiger partial charge in [-0.1, -0.05) is 32.3 Å². The fourth-order valence-corrected chi connectivity index (χ4v) is 5.19. The molecule has 1 amide bonds. The Morgan fingerprint density at radius 1 is 1.16 bits per heavy atom. The van der Waals surface area contributed by atoms with Crippen molar-refractivity contribution in [2.45, 2.75) is 91.1 Å². The minimum Gasteiger partial charge on any atom is -0.444 e. The summed E-state index contributed by atoms with van der Waals surface area (Å²) in [4.78, 5) is 24.6. The Kier molecular flexibility index (Phi) is 14.8. The first-order valence-electron chi connectivity index (χ1n) is 15.3. The Balaban J connectivity index is 0.000000273. The zero-order valence-corrected chi connectivity index (χ0v) is 29.0. The second-order valence-corrected chi connectivity index (χ2v) is 13.2. The number of aromatic nitrogens is 5. The lowest BCUT2D eigenvalue weighted by Gasteiger charge is -2.25. The normalized spacial score (nSPS) is 13.3. The molecule has 1 aliphatic carbocycles. The van der Waals surface area contributed by atoms with Crippen molar-refractivity contribution in [2.75, 3.05) is 30.2 Å². The number of nitrogens with one attached hydrogen (secondary N) is 2. The molecule has 13 heteroatoms. The number of hydrogen-bond acceptors (Lipinski definition) is 11. The molecular weight excluding hydrogens is 609 g/mol. The lowest BCUT2D eigenvalue weighted by Crippen LogP contribution is -2.39. The monoisotopic (exact) mass is 656 g/mol. The predicted molar refractivity (Wildman–Crippen MR) is 187 cm³/mol. The lowest BCUT2D eigenvalue weighted by atomic mass is 9.96. The number of amides is 1. The molecule has 4 aromatic heterocycles. The van der Waals surface area contributed by atoms with Crippen LogP contribution >= 0.6 is 23.1 Å². The SMILES string of the molecule is CC(C)(C)OC(=O)NC1CCCCC1.CCCOCn1nc(-c2cccc(NCc3ccsc3)n2)c2cnc(N)nc21.CSC. The van der Waals surface area contributed by atoms with Crippen LogP contribution in [0.4, 0.5) is 16.6 Å². The van der Waals surface area contributed by atoms with E-state index in [1.165, 1.54) is 24.8 Å². The molecule has 1 fully saturated rings. The Bertz CT molecular complexity index is 1430. The van der Waals surface area contributed by atoms with E-state index in [1.807, 2.05) is 51.5 Å². The third-order valence-electron chi connectivity index (χ3n) is 6.44. The largest absolute Gasteiger partial charge is 0.444 e. The molecule has 1 saturated carbocycles. The van der Waals surface area contributed by atoms with Gasteiger partial charge in [0.15, 0.2) is 5.65 Å². The van der Waals surface area contributed by atoms with Crippen molar-refractivity contribution < 1.29 is 14.3 Å². The molecule has 0 spiro atoms. The number of hydrogen-bond donors (Lipinski definition) is 3. The summed E-state index contributed by atoms with van der Waals surface area (Å²) in [5.74, 6) is 0.986. The predicted octanol–water partition coefficient (Wildman–Crippen LogP) is 7.35. The first kappa shape index (κ1) is 36.1. The third kappa shape index (κ3) is 12.5. The highest BCUT2D eigenvalue weighted by atomic mass is 32.2. The minimum atomic E-state index is -0.390. The van der Waals surface area contributed by atoms with Crippen molar-refractivity contribution in [3.63, 3.8) is 0 Å². The van der Waals surface area contributed by atoms with Crippen LogP contribution in [-0.4, -0.2) is 61.6 Å². The van der Waals surface area contributed by atoms with E-state index in [9.17, 15) is 4.79 Å². The number of thiophene rings is 1. The Morgan fingerprint density at radius 3 is 2.58 bits per heavy atom. The number of ether oxygens (including phenoxy) is 2. The molecule has 4 heterocycles. The van der Waals surface area contributed by atoms with Gasteiger partial charge in [0.2, 0.25) is 5.95 Å². The maximum Gasteiger partial charge on any atom is 0.407 e. The molecule has 45 heavy (non-hydrogen) atoms. The Hall–Kier alpha value is -3.42. The molecule has 0 aliphatic heterocycles. The highest BCUT2D eigenvalue weighted by molar-refractivity contribution is 7.97. The minimum absolute atomic E-state index is 0.204. The molecular formula is C32H48N8O3S2. The van der Waals surface area contributed by atoms with Gasteiger partial charge in [0.25, 0.3) is 0 Å². The molecule has 0 saturated heterocycles. The number of thioether (sulfide) groups is 1. The molecule has 0 atom stereocenters. The summed E-state index contributed by atoms with van der Waals surface area (Å²) in [6.07, 6.45) is 12.4. The van der Waals surface area contributed by atoms with Crippen molar-refractivity contribution in [1.82, 2.24) is 30.0 Å². The average molecular weight is 657 g/mol. The topological polar surface area (TPSA) is 142 Å². The van der Waals surface area contributed by atoms with Gasteiger partial charge in [-0.15, -0.1) is 0 Å². The van der Waals surface area contributed by atoms with Gasteiger partial charge in [-0.05, 0) is 87.1 Å². The number of nitrogen functional groups attached to an aromatic ring is 1. The van der Waals surface area contributed by atoms with Gasteiger partial charge >= 0.3 is 6.09 Å². The van der Waals surface area contributed by atoms with Crippen LogP contribution in [0.25, 0.3) is 22.4 Å². The van der Waals surface area contributed by atoms with Crippen LogP contribution in [0.3, 0.4) is 0 Å². The van der Waals surface area contributed by atoms with E-state index in [2.05, 4.69) is 49.5 Å². The number of carbonyl (C=O) groups excluding carboxylic acids is 1. The van der Waals surface area contributed by atoms with Crippen LogP contribution in [0, 0.1) is 0 Å². The molecule has 0 aromatic carbocycles. The smallest absolute Gasteiger partial charge is 0.407 e. The second kappa shape index (κ2) is 18.5. The van der Waals surface area contributed by atoms with E-state index in [0.29, 0.717) is 30.7 Å². The summed E-state index contributed by atoms with van der Waals surface area (Å²) in [7, 11) is 0. The number of rotatable bonds is 9. The molecule has 0 unspecified atom stereocenters. The average Bonchev–Trinajstić information content (AvgIpc) is 3.65. The summed E-state index contributed by atoms with van der Waals surface area (Å²) in [6, 6.07) is 8.24. The maximum absolute atomic E-state index is 11.4. The summed E-state index contributed by atoms with van der Waals surface area (Å²) in [5.41, 5.74) is 8.69. The van der Waals surface area contributed by atoms with Crippen molar-refractivity contribution in [3.05, 3.63) is 46.8 Å². The summed E-state index contributed by atoms with van der Waals surface area (Å²) < 4.78 is 12.5. The zero-order chi connectivity index (χ0) is 32.7. The van der Waals surface area contributed by atoms with Crippen LogP contribution < -0.4 is 16.4 Å². The fourth-order valence-electron chi connectivity index (χ4n) is 4.52. The second-order valence-electron chi connectivity index (χ2n) is 11.6. The molecule has 0 bridgehead atoms. The quantitative estimate of drug-likeness (QED) is 0.157. The lowest BCUT2D eigenvalue weighted by molar-refractivity contribution is 0.0493. The van der Waals surface area contributed by atoms with E-state index >= 15 is 0 Å². The molecule has 4 N–H and O–H groups in total. The van der Waals surface area contributed by atoms with Gasteiger partial charge < -0.3 is 25.8 Å². The molecule has 1 aliphatic rings. The summed E-state index contributed by atoms with van der Waals surface area (Å²) >= 11 is 3.43. The Morgan fingerprint density at radius 2 is 1.91 bits per heavy atom. The number of nitrogens with zero attached hydrogens (tertiary/aromatic N) is 5. The Labute approximate surface area is 275 Å². The standard InChI is InChI=1S/C19H21N7OS.C11H21NO2.C2H6S/c1-2-7-27-12-26-18-14(10-22-19(20)24-18)17(25-26)15-4-3-5-16(23-15)21-9-13-6-8-28-11-13;1-11(2,3)14-10(13)12-9-7-5-4-6-8-9;1-3-2/h3-6,8,10-11H,2,7,9,12H2,1H3,(H,21,23)(H2,20,22,24);9H,4-8H2,1-3H3,(H,12,13);1-2H3. The molecule has 11 nitrogen and oxygen atoms in total. The number of pyridine rings is 1. The van der Waals surface area contributed by atoms with Crippen LogP contribution in [0.15, 0.2) is 41.2 Å². The van der Waals surface area contributed by atoms with E-state index in [-0.39, 0.29) is 12.0 Å². The van der Waals surface area contributed by atoms with E-state index in [0.717, 1.165) is 42.7 Å². The van der Waals surface area contributed by atoms with Gasteiger partial charge in [-0.2, -0.15) is 33.2 Å². The van der Waals surface area contributed by atoms with E-state index in [4.69, 9.17) is 20.2 Å². The van der Waals surface area contributed by atoms with Gasteiger partial charge in [0.05, 0.1) is 11.1 Å². The van der Waals surface area contributed by atoms with Crippen molar-refractivity contribution in [2.24, 2.45) is 0 Å². The van der Waals surface area contributed by atoms with Crippen molar-refractivity contribution in [1.29, 1.82) is 0 Å². The van der Waals surface area contributed by atoms with Crippen molar-refractivity contribution in [3.8, 4) is 11.4 Å². The number of fused-ring (bicyclic) bond motifs is 1. The van der Waals surface area contributed by atoms with Gasteiger partial charge in [0, 0.05) is 25.4 Å². The summed E-state index contributed by atoms with van der Waals surface area (Å²) in [6.45, 7) is 9.38. The van der Waals surface area contributed by atoms with Gasteiger partial charge in [0.1, 0.15) is 23.8 Å². The number of alkyl carbamates (subject to hydrolysis) is 1. The van der Waals surface area contributed by atoms with E-state index in [1.54, 1.807) is 34.0 Å². The first-order chi connectivity index (χ1) is 21.6. The number of nitrogens with two attached hydrogens (primary N) is 1. The van der Waals surface area contributed by atoms with Gasteiger partial charge in [-0.3, -0.25) is 0 Å². The third-order valence-corrected chi connectivity index (χ3v) is 7.17.